The second-order valence-corrected chi connectivity index (χ2v) is 4.48. The molecule has 0 aromatic carbocycles. The normalized spacial score (nSPS) is 13.1. The molecule has 92 valence electrons. The van der Waals surface area contributed by atoms with Gasteiger partial charge in [0, 0.05) is 25.4 Å². The standard InChI is InChI=1S/C13H19N3O/c1-10-3-4-13-15-8-12(16(13)9-10)7-14-11(2)5-6-17/h3-4,8-9,11,14,17H,5-7H2,1-2H3/t11-/m1/s1. The van der Waals surface area contributed by atoms with Crippen molar-refractivity contribution >= 4 is 5.65 Å². The predicted octanol–water partition coefficient (Wildman–Crippen LogP) is 1.50. The molecule has 17 heavy (non-hydrogen) atoms. The molecule has 2 aromatic rings. The molecule has 2 N–H and O–H groups in total. The van der Waals surface area contributed by atoms with Crippen molar-refractivity contribution in [3.63, 3.8) is 0 Å². The second-order valence-electron chi connectivity index (χ2n) is 4.48. The van der Waals surface area contributed by atoms with E-state index in [-0.39, 0.29) is 6.61 Å². The molecule has 0 fully saturated rings. The van der Waals surface area contributed by atoms with Gasteiger partial charge in [0.2, 0.25) is 0 Å². The van der Waals surface area contributed by atoms with Crippen molar-refractivity contribution in [3.05, 3.63) is 35.8 Å². The summed E-state index contributed by atoms with van der Waals surface area (Å²) in [5.41, 5.74) is 3.34. The van der Waals surface area contributed by atoms with Gasteiger partial charge in [-0.05, 0) is 31.9 Å². The number of nitrogens with one attached hydrogen (secondary N) is 1. The SMILES string of the molecule is Cc1ccc2ncc(CN[C@H](C)CCO)n2c1. The summed E-state index contributed by atoms with van der Waals surface area (Å²) in [4.78, 5) is 4.36. The number of fused-ring (bicyclic) bond motifs is 1. The lowest BCUT2D eigenvalue weighted by Gasteiger charge is -2.11. The summed E-state index contributed by atoms with van der Waals surface area (Å²) in [6, 6.07) is 4.40. The van der Waals surface area contributed by atoms with Gasteiger partial charge in [-0.15, -0.1) is 0 Å². The predicted molar refractivity (Wildman–Crippen MR) is 67.9 cm³/mol. The first-order valence-electron chi connectivity index (χ1n) is 5.97. The van der Waals surface area contributed by atoms with Crippen molar-refractivity contribution in [1.82, 2.24) is 14.7 Å². The maximum Gasteiger partial charge on any atom is 0.136 e. The zero-order valence-corrected chi connectivity index (χ0v) is 10.3. The molecular formula is C13H19N3O. The van der Waals surface area contributed by atoms with E-state index in [4.69, 9.17) is 5.11 Å². The summed E-state index contributed by atoms with van der Waals surface area (Å²) in [7, 11) is 0. The molecule has 2 aromatic heterocycles. The Morgan fingerprint density at radius 2 is 2.29 bits per heavy atom. The summed E-state index contributed by atoms with van der Waals surface area (Å²) in [5.74, 6) is 0. The molecule has 0 unspecified atom stereocenters. The lowest BCUT2D eigenvalue weighted by atomic mass is 10.2. The van der Waals surface area contributed by atoms with Crippen LogP contribution in [0, 0.1) is 6.92 Å². The molecule has 2 heterocycles. The largest absolute Gasteiger partial charge is 0.396 e. The molecule has 4 nitrogen and oxygen atoms in total. The molecule has 0 saturated carbocycles. The van der Waals surface area contributed by atoms with Crippen LogP contribution in [0.5, 0.6) is 0 Å². The number of pyridine rings is 1. The van der Waals surface area contributed by atoms with Gasteiger partial charge in [-0.1, -0.05) is 6.07 Å². The van der Waals surface area contributed by atoms with E-state index in [1.165, 1.54) is 5.56 Å². The molecule has 0 saturated heterocycles. The van der Waals surface area contributed by atoms with Gasteiger partial charge >= 0.3 is 0 Å². The zero-order valence-electron chi connectivity index (χ0n) is 10.3. The van der Waals surface area contributed by atoms with Crippen molar-refractivity contribution in [3.8, 4) is 0 Å². The highest BCUT2D eigenvalue weighted by Gasteiger charge is 2.05. The molecule has 0 amide bonds. The monoisotopic (exact) mass is 233 g/mol. The van der Waals surface area contributed by atoms with Crippen LogP contribution in [0.3, 0.4) is 0 Å². The minimum absolute atomic E-state index is 0.223. The lowest BCUT2D eigenvalue weighted by molar-refractivity contribution is 0.268. The third kappa shape index (κ3) is 2.84. The summed E-state index contributed by atoms with van der Waals surface area (Å²) in [6.45, 7) is 5.14. The number of hydrogen-bond acceptors (Lipinski definition) is 3. The molecule has 0 aliphatic heterocycles. The van der Waals surface area contributed by atoms with Crippen molar-refractivity contribution in [2.45, 2.75) is 32.9 Å². The Hall–Kier alpha value is -1.39. The Balaban J connectivity index is 2.10. The van der Waals surface area contributed by atoms with Crippen LogP contribution in [0.4, 0.5) is 0 Å². The summed E-state index contributed by atoms with van der Waals surface area (Å²) in [5, 5.41) is 12.2. The Morgan fingerprint density at radius 1 is 1.47 bits per heavy atom. The van der Waals surface area contributed by atoms with Crippen LogP contribution in [-0.2, 0) is 6.54 Å². The number of nitrogens with zero attached hydrogens (tertiary/aromatic N) is 2. The fourth-order valence-electron chi connectivity index (χ4n) is 1.84. The molecule has 0 aliphatic carbocycles. The summed E-state index contributed by atoms with van der Waals surface area (Å²) >= 11 is 0. The summed E-state index contributed by atoms with van der Waals surface area (Å²) < 4.78 is 2.11. The first kappa shape index (κ1) is 12.1. The number of aliphatic hydroxyl groups excluding tert-OH is 1. The fourth-order valence-corrected chi connectivity index (χ4v) is 1.84. The van der Waals surface area contributed by atoms with Crippen LogP contribution in [0.2, 0.25) is 0 Å². The van der Waals surface area contributed by atoms with E-state index in [0.717, 1.165) is 24.3 Å². The van der Waals surface area contributed by atoms with Gasteiger partial charge < -0.3 is 14.8 Å². The van der Waals surface area contributed by atoms with Gasteiger partial charge in [-0.3, -0.25) is 0 Å². The van der Waals surface area contributed by atoms with Gasteiger partial charge in [-0.25, -0.2) is 4.98 Å². The summed E-state index contributed by atoms with van der Waals surface area (Å²) in [6.07, 6.45) is 4.76. The highest BCUT2D eigenvalue weighted by molar-refractivity contribution is 5.41. The Kier molecular flexibility index (Phi) is 3.76. The van der Waals surface area contributed by atoms with Gasteiger partial charge in [0.1, 0.15) is 5.65 Å². The van der Waals surface area contributed by atoms with Crippen molar-refractivity contribution in [2.24, 2.45) is 0 Å². The van der Waals surface area contributed by atoms with E-state index in [1.54, 1.807) is 0 Å². The quantitative estimate of drug-likeness (QED) is 0.823. The zero-order chi connectivity index (χ0) is 12.3. The number of imidazole rings is 1. The number of aryl methyl sites for hydroxylation is 1. The van der Waals surface area contributed by atoms with Gasteiger partial charge in [0.05, 0.1) is 11.9 Å². The first-order valence-corrected chi connectivity index (χ1v) is 5.97. The van der Waals surface area contributed by atoms with Crippen LogP contribution in [-0.4, -0.2) is 27.1 Å². The number of rotatable bonds is 5. The van der Waals surface area contributed by atoms with Crippen molar-refractivity contribution in [1.29, 1.82) is 0 Å². The van der Waals surface area contributed by atoms with E-state index in [2.05, 4.69) is 40.8 Å². The molecular weight excluding hydrogens is 214 g/mol. The molecule has 0 radical (unpaired) electrons. The topological polar surface area (TPSA) is 49.6 Å². The third-order valence-corrected chi connectivity index (χ3v) is 2.92. The van der Waals surface area contributed by atoms with Crippen LogP contribution in [0.15, 0.2) is 24.5 Å². The highest BCUT2D eigenvalue weighted by Crippen LogP contribution is 2.08. The van der Waals surface area contributed by atoms with Crippen LogP contribution in [0.25, 0.3) is 5.65 Å². The maximum absolute atomic E-state index is 8.84. The minimum atomic E-state index is 0.223. The molecule has 0 spiro atoms. The van der Waals surface area contributed by atoms with Gasteiger partial charge in [0.25, 0.3) is 0 Å². The van der Waals surface area contributed by atoms with E-state index in [9.17, 15) is 0 Å². The third-order valence-electron chi connectivity index (χ3n) is 2.92. The van der Waals surface area contributed by atoms with E-state index < -0.39 is 0 Å². The van der Waals surface area contributed by atoms with E-state index in [0.29, 0.717) is 6.04 Å². The Morgan fingerprint density at radius 3 is 3.06 bits per heavy atom. The molecule has 2 rings (SSSR count). The smallest absolute Gasteiger partial charge is 0.136 e. The molecule has 0 aliphatic rings. The number of aromatic nitrogens is 2. The van der Waals surface area contributed by atoms with E-state index in [1.807, 2.05) is 12.3 Å². The van der Waals surface area contributed by atoms with Crippen molar-refractivity contribution < 1.29 is 5.11 Å². The van der Waals surface area contributed by atoms with Gasteiger partial charge in [-0.2, -0.15) is 0 Å². The van der Waals surface area contributed by atoms with Crippen LogP contribution >= 0.6 is 0 Å². The average Bonchev–Trinajstić information content (AvgIpc) is 2.69. The molecule has 1 atom stereocenters. The highest BCUT2D eigenvalue weighted by atomic mass is 16.3. The average molecular weight is 233 g/mol. The molecule has 4 heteroatoms. The van der Waals surface area contributed by atoms with E-state index >= 15 is 0 Å². The number of hydrogen-bond donors (Lipinski definition) is 2. The molecule has 0 bridgehead atoms. The Bertz CT molecular complexity index is 492. The Labute approximate surface area is 101 Å². The fraction of sp³-hybridized carbons (Fsp3) is 0.462. The van der Waals surface area contributed by atoms with Crippen molar-refractivity contribution in [2.75, 3.05) is 6.61 Å². The second kappa shape index (κ2) is 5.29. The lowest BCUT2D eigenvalue weighted by Crippen LogP contribution is -2.26. The van der Waals surface area contributed by atoms with Crippen LogP contribution < -0.4 is 5.32 Å². The minimum Gasteiger partial charge on any atom is -0.396 e. The van der Waals surface area contributed by atoms with Crippen LogP contribution in [0.1, 0.15) is 24.6 Å². The first-order chi connectivity index (χ1) is 8.20. The maximum atomic E-state index is 8.84. The van der Waals surface area contributed by atoms with Gasteiger partial charge in [0.15, 0.2) is 0 Å². The number of aliphatic hydroxyl groups is 1.